The van der Waals surface area contributed by atoms with Crippen molar-refractivity contribution in [2.75, 3.05) is 19.8 Å². The Kier molecular flexibility index (Phi) is 7.66. The number of carbonyl (C=O) groups excluding carboxylic acids is 1. The Balaban J connectivity index is 1.96. The normalized spacial score (nSPS) is 11.1. The van der Waals surface area contributed by atoms with Crippen molar-refractivity contribution in [3.05, 3.63) is 40.8 Å². The SMILES string of the molecule is CCCCOCCOC(=O)Cn1ccc2cc(OC(C)C)ccc2c1=O. The van der Waals surface area contributed by atoms with Gasteiger partial charge in [0, 0.05) is 18.2 Å². The van der Waals surface area contributed by atoms with Crippen LogP contribution in [-0.4, -0.2) is 36.5 Å². The first-order chi connectivity index (χ1) is 12.5. The van der Waals surface area contributed by atoms with Gasteiger partial charge in [0.05, 0.1) is 12.7 Å². The molecule has 0 saturated heterocycles. The summed E-state index contributed by atoms with van der Waals surface area (Å²) in [5, 5.41) is 1.32. The van der Waals surface area contributed by atoms with Gasteiger partial charge in [-0.25, -0.2) is 0 Å². The number of aromatic nitrogens is 1. The minimum atomic E-state index is -0.453. The molecule has 0 bridgehead atoms. The number of hydrogen-bond donors (Lipinski definition) is 0. The van der Waals surface area contributed by atoms with Gasteiger partial charge in [0.25, 0.3) is 5.56 Å². The third-order valence-electron chi connectivity index (χ3n) is 3.75. The molecule has 2 aromatic rings. The lowest BCUT2D eigenvalue weighted by molar-refractivity contribution is -0.146. The lowest BCUT2D eigenvalue weighted by Crippen LogP contribution is -2.25. The number of benzene rings is 1. The summed E-state index contributed by atoms with van der Waals surface area (Å²) in [5.41, 5.74) is -0.227. The summed E-state index contributed by atoms with van der Waals surface area (Å²) >= 11 is 0. The predicted octanol–water partition coefficient (Wildman–Crippen LogP) is 3.15. The van der Waals surface area contributed by atoms with Crippen LogP contribution in [0.4, 0.5) is 0 Å². The van der Waals surface area contributed by atoms with Crippen LogP contribution in [0.3, 0.4) is 0 Å². The smallest absolute Gasteiger partial charge is 0.326 e. The third kappa shape index (κ3) is 5.88. The van der Waals surface area contributed by atoms with Crippen molar-refractivity contribution >= 4 is 16.7 Å². The van der Waals surface area contributed by atoms with E-state index in [4.69, 9.17) is 14.2 Å². The number of hydrogen-bond acceptors (Lipinski definition) is 5. The molecule has 6 nitrogen and oxygen atoms in total. The molecule has 0 aliphatic carbocycles. The minimum absolute atomic E-state index is 0.0635. The molecule has 142 valence electrons. The zero-order valence-corrected chi connectivity index (χ0v) is 15.7. The Morgan fingerprint density at radius 1 is 1.15 bits per heavy atom. The number of carbonyl (C=O) groups is 1. The summed E-state index contributed by atoms with van der Waals surface area (Å²) in [6, 6.07) is 7.11. The fourth-order valence-electron chi connectivity index (χ4n) is 2.48. The van der Waals surface area contributed by atoms with E-state index < -0.39 is 5.97 Å². The van der Waals surface area contributed by atoms with Gasteiger partial charge in [-0.3, -0.25) is 9.59 Å². The topological polar surface area (TPSA) is 66.8 Å². The maximum absolute atomic E-state index is 12.5. The standard InChI is InChI=1S/C20H27NO5/c1-4-5-10-24-11-12-25-19(22)14-21-9-8-16-13-17(26-15(2)3)6-7-18(16)20(21)23/h6-9,13,15H,4-5,10-12,14H2,1-3H3. The Bertz CT molecular complexity index is 781. The molecule has 2 rings (SSSR count). The van der Waals surface area contributed by atoms with Gasteiger partial charge in [0.1, 0.15) is 18.9 Å². The largest absolute Gasteiger partial charge is 0.491 e. The first-order valence-electron chi connectivity index (χ1n) is 9.04. The highest BCUT2D eigenvalue weighted by atomic mass is 16.6. The van der Waals surface area contributed by atoms with Crippen LogP contribution in [0.25, 0.3) is 10.8 Å². The van der Waals surface area contributed by atoms with Gasteiger partial charge in [-0.2, -0.15) is 0 Å². The molecule has 0 N–H and O–H groups in total. The van der Waals surface area contributed by atoms with Gasteiger partial charge in [-0.15, -0.1) is 0 Å². The van der Waals surface area contributed by atoms with Gasteiger partial charge in [0.2, 0.25) is 0 Å². The molecule has 0 fully saturated rings. The van der Waals surface area contributed by atoms with Gasteiger partial charge >= 0.3 is 5.97 Å². The molecule has 0 spiro atoms. The van der Waals surface area contributed by atoms with Crippen molar-refractivity contribution in [3.8, 4) is 5.75 Å². The Hall–Kier alpha value is -2.34. The van der Waals surface area contributed by atoms with Crippen molar-refractivity contribution in [1.82, 2.24) is 4.57 Å². The molecule has 0 unspecified atom stereocenters. The molecule has 0 aliphatic rings. The Morgan fingerprint density at radius 2 is 1.96 bits per heavy atom. The monoisotopic (exact) mass is 361 g/mol. The maximum Gasteiger partial charge on any atom is 0.326 e. The van der Waals surface area contributed by atoms with E-state index in [0.717, 1.165) is 18.2 Å². The Labute approximate surface area is 153 Å². The molecule has 6 heteroatoms. The fraction of sp³-hybridized carbons (Fsp3) is 0.500. The first kappa shape index (κ1) is 20.0. The average Bonchev–Trinajstić information content (AvgIpc) is 2.60. The van der Waals surface area contributed by atoms with Crippen LogP contribution >= 0.6 is 0 Å². The summed E-state index contributed by atoms with van der Waals surface area (Å²) in [6.45, 7) is 7.10. The van der Waals surface area contributed by atoms with Crippen molar-refractivity contribution in [2.45, 2.75) is 46.3 Å². The van der Waals surface area contributed by atoms with Crippen molar-refractivity contribution in [1.29, 1.82) is 0 Å². The summed E-state index contributed by atoms with van der Waals surface area (Å²) in [7, 11) is 0. The van der Waals surface area contributed by atoms with Gasteiger partial charge in [-0.05, 0) is 49.9 Å². The van der Waals surface area contributed by atoms with Crippen LogP contribution in [0.15, 0.2) is 35.3 Å². The number of esters is 1. The highest BCUT2D eigenvalue weighted by molar-refractivity contribution is 5.83. The second kappa shape index (κ2) is 9.97. The van der Waals surface area contributed by atoms with Crippen molar-refractivity contribution in [2.24, 2.45) is 0 Å². The Morgan fingerprint density at radius 3 is 2.69 bits per heavy atom. The molecule has 0 saturated carbocycles. The second-order valence-corrected chi connectivity index (χ2v) is 6.35. The quantitative estimate of drug-likeness (QED) is 0.480. The zero-order valence-electron chi connectivity index (χ0n) is 15.7. The van der Waals surface area contributed by atoms with E-state index in [1.54, 1.807) is 24.4 Å². The highest BCUT2D eigenvalue weighted by Gasteiger charge is 2.09. The van der Waals surface area contributed by atoms with Gasteiger partial charge in [0.15, 0.2) is 0 Å². The van der Waals surface area contributed by atoms with Crippen LogP contribution in [0.2, 0.25) is 0 Å². The minimum Gasteiger partial charge on any atom is -0.491 e. The molecule has 0 amide bonds. The lowest BCUT2D eigenvalue weighted by atomic mass is 10.1. The molecule has 1 aromatic heterocycles. The van der Waals surface area contributed by atoms with Crippen LogP contribution in [0, 0.1) is 0 Å². The maximum atomic E-state index is 12.5. The van der Waals surface area contributed by atoms with E-state index >= 15 is 0 Å². The third-order valence-corrected chi connectivity index (χ3v) is 3.75. The molecule has 26 heavy (non-hydrogen) atoms. The highest BCUT2D eigenvalue weighted by Crippen LogP contribution is 2.19. The predicted molar refractivity (Wildman–Crippen MR) is 101 cm³/mol. The molecule has 1 heterocycles. The van der Waals surface area contributed by atoms with Crippen molar-refractivity contribution < 1.29 is 19.0 Å². The number of pyridine rings is 1. The number of fused-ring (bicyclic) bond motifs is 1. The molecule has 0 radical (unpaired) electrons. The van der Waals surface area contributed by atoms with E-state index in [1.807, 2.05) is 19.9 Å². The second-order valence-electron chi connectivity index (χ2n) is 6.35. The van der Waals surface area contributed by atoms with Crippen molar-refractivity contribution in [3.63, 3.8) is 0 Å². The van der Waals surface area contributed by atoms with Crippen LogP contribution in [-0.2, 0) is 20.8 Å². The molecule has 0 atom stereocenters. The van der Waals surface area contributed by atoms with E-state index in [0.29, 0.717) is 24.3 Å². The van der Waals surface area contributed by atoms with E-state index in [2.05, 4.69) is 6.92 Å². The summed E-state index contributed by atoms with van der Waals surface area (Å²) < 4.78 is 17.4. The molecule has 1 aromatic carbocycles. The first-order valence-corrected chi connectivity index (χ1v) is 9.04. The van der Waals surface area contributed by atoms with E-state index in [9.17, 15) is 9.59 Å². The summed E-state index contributed by atoms with van der Waals surface area (Å²) in [4.78, 5) is 24.4. The van der Waals surface area contributed by atoms with Crippen LogP contribution in [0.1, 0.15) is 33.6 Å². The van der Waals surface area contributed by atoms with Gasteiger partial charge in [-0.1, -0.05) is 13.3 Å². The van der Waals surface area contributed by atoms with Crippen LogP contribution in [0.5, 0.6) is 5.75 Å². The lowest BCUT2D eigenvalue weighted by Gasteiger charge is -2.11. The van der Waals surface area contributed by atoms with E-state index in [1.165, 1.54) is 4.57 Å². The summed E-state index contributed by atoms with van der Waals surface area (Å²) in [6.07, 6.45) is 3.72. The molecular formula is C20H27NO5. The number of rotatable bonds is 10. The van der Waals surface area contributed by atoms with E-state index in [-0.39, 0.29) is 24.8 Å². The number of ether oxygens (including phenoxy) is 3. The fourth-order valence-corrected chi connectivity index (χ4v) is 2.48. The van der Waals surface area contributed by atoms with Crippen LogP contribution < -0.4 is 10.3 Å². The molecule has 0 aliphatic heterocycles. The average molecular weight is 361 g/mol. The summed E-state index contributed by atoms with van der Waals surface area (Å²) in [5.74, 6) is 0.262. The number of nitrogens with zero attached hydrogens (tertiary/aromatic N) is 1. The molecular weight excluding hydrogens is 334 g/mol. The number of unbranched alkanes of at least 4 members (excludes halogenated alkanes) is 1. The zero-order chi connectivity index (χ0) is 18.9. The van der Waals surface area contributed by atoms with Gasteiger partial charge < -0.3 is 18.8 Å².